The molecule has 0 amide bonds. The van der Waals surface area contributed by atoms with Crippen LogP contribution in [0, 0.1) is 10.1 Å². The van der Waals surface area contributed by atoms with Gasteiger partial charge in [0, 0.05) is 23.9 Å². The number of nitro groups is 1. The van der Waals surface area contributed by atoms with Gasteiger partial charge in [0.05, 0.1) is 20.4 Å². The number of nitro benzene ring substituents is 1. The standard InChI is InChI=1S/C15H17N3O2S/c16-11-6-7-12(13(8-11)18(19)20)14-9-17-15(21-14)10-4-2-1-3-5-10/h6-10H,1-5,16H2. The zero-order valence-electron chi connectivity index (χ0n) is 11.6. The third-order valence-corrected chi connectivity index (χ3v) is 5.16. The van der Waals surface area contributed by atoms with Crippen LogP contribution in [0.15, 0.2) is 24.4 Å². The van der Waals surface area contributed by atoms with Crippen molar-refractivity contribution in [3.05, 3.63) is 39.5 Å². The van der Waals surface area contributed by atoms with Crippen LogP contribution >= 0.6 is 11.3 Å². The maximum absolute atomic E-state index is 11.2. The zero-order chi connectivity index (χ0) is 14.8. The lowest BCUT2D eigenvalue weighted by molar-refractivity contribution is -0.384. The molecule has 0 saturated heterocycles. The Morgan fingerprint density at radius 1 is 1.29 bits per heavy atom. The van der Waals surface area contributed by atoms with Crippen LogP contribution in [0.4, 0.5) is 11.4 Å². The Labute approximate surface area is 127 Å². The predicted octanol–water partition coefficient (Wildman–Crippen LogP) is 4.35. The molecule has 1 aromatic carbocycles. The van der Waals surface area contributed by atoms with Gasteiger partial charge in [0.25, 0.3) is 5.69 Å². The average molecular weight is 303 g/mol. The molecule has 0 atom stereocenters. The SMILES string of the molecule is Nc1ccc(-c2cnc(C3CCCCC3)s2)c([N+](=O)[O-])c1. The highest BCUT2D eigenvalue weighted by Gasteiger charge is 2.22. The van der Waals surface area contributed by atoms with Crippen LogP contribution in [0.2, 0.25) is 0 Å². The number of nitrogen functional groups attached to an aromatic ring is 1. The van der Waals surface area contributed by atoms with E-state index in [2.05, 4.69) is 4.98 Å². The van der Waals surface area contributed by atoms with Crippen LogP contribution in [0.25, 0.3) is 10.4 Å². The molecule has 2 aromatic rings. The van der Waals surface area contributed by atoms with E-state index >= 15 is 0 Å². The minimum atomic E-state index is -0.383. The van der Waals surface area contributed by atoms with Gasteiger partial charge in [0.2, 0.25) is 0 Å². The monoisotopic (exact) mass is 303 g/mol. The number of nitrogens with two attached hydrogens (primary N) is 1. The molecule has 1 fully saturated rings. The summed E-state index contributed by atoms with van der Waals surface area (Å²) < 4.78 is 0. The third-order valence-electron chi connectivity index (χ3n) is 3.96. The summed E-state index contributed by atoms with van der Waals surface area (Å²) in [5, 5.41) is 12.3. The molecule has 0 bridgehead atoms. The summed E-state index contributed by atoms with van der Waals surface area (Å²) in [4.78, 5) is 16.2. The van der Waals surface area contributed by atoms with Gasteiger partial charge in [0.15, 0.2) is 0 Å². The summed E-state index contributed by atoms with van der Waals surface area (Å²) in [6.07, 6.45) is 7.92. The minimum absolute atomic E-state index is 0.0499. The van der Waals surface area contributed by atoms with Gasteiger partial charge < -0.3 is 5.73 Å². The van der Waals surface area contributed by atoms with Gasteiger partial charge in [-0.1, -0.05) is 19.3 Å². The maximum atomic E-state index is 11.2. The molecule has 3 rings (SSSR count). The van der Waals surface area contributed by atoms with Gasteiger partial charge in [0.1, 0.15) is 0 Å². The van der Waals surface area contributed by atoms with E-state index in [1.165, 1.54) is 38.2 Å². The molecule has 1 aromatic heterocycles. The molecular weight excluding hydrogens is 286 g/mol. The number of rotatable bonds is 3. The molecule has 1 heterocycles. The van der Waals surface area contributed by atoms with Crippen LogP contribution in [0.3, 0.4) is 0 Å². The zero-order valence-corrected chi connectivity index (χ0v) is 12.4. The Hall–Kier alpha value is -1.95. The number of hydrogen-bond acceptors (Lipinski definition) is 5. The quantitative estimate of drug-likeness (QED) is 0.519. The highest BCUT2D eigenvalue weighted by Crippen LogP contribution is 2.40. The van der Waals surface area contributed by atoms with E-state index < -0.39 is 0 Å². The van der Waals surface area contributed by atoms with Crippen LogP contribution in [0.5, 0.6) is 0 Å². The van der Waals surface area contributed by atoms with Gasteiger partial charge in [-0.15, -0.1) is 11.3 Å². The largest absolute Gasteiger partial charge is 0.399 e. The number of nitrogens with zero attached hydrogens (tertiary/aromatic N) is 2. The van der Waals surface area contributed by atoms with E-state index in [-0.39, 0.29) is 10.6 Å². The number of benzene rings is 1. The van der Waals surface area contributed by atoms with Gasteiger partial charge in [-0.05, 0) is 25.0 Å². The van der Waals surface area contributed by atoms with Crippen molar-refractivity contribution >= 4 is 22.7 Å². The van der Waals surface area contributed by atoms with Crippen LogP contribution in [-0.2, 0) is 0 Å². The Bertz CT molecular complexity index is 663. The van der Waals surface area contributed by atoms with Gasteiger partial charge in [-0.25, -0.2) is 4.98 Å². The van der Waals surface area contributed by atoms with Crippen molar-refractivity contribution in [3.8, 4) is 10.4 Å². The second-order valence-corrected chi connectivity index (χ2v) is 6.49. The molecule has 1 aliphatic rings. The van der Waals surface area contributed by atoms with Gasteiger partial charge >= 0.3 is 0 Å². The molecular formula is C15H17N3O2S. The van der Waals surface area contributed by atoms with Crippen molar-refractivity contribution < 1.29 is 4.92 Å². The van der Waals surface area contributed by atoms with Crippen LogP contribution < -0.4 is 5.73 Å². The lowest BCUT2D eigenvalue weighted by atomic mass is 9.90. The fraction of sp³-hybridized carbons (Fsp3) is 0.400. The van der Waals surface area contributed by atoms with Crippen LogP contribution in [0.1, 0.15) is 43.0 Å². The van der Waals surface area contributed by atoms with Gasteiger partial charge in [-0.3, -0.25) is 10.1 Å². The van der Waals surface area contributed by atoms with E-state index in [1.807, 2.05) is 0 Å². The highest BCUT2D eigenvalue weighted by atomic mass is 32.1. The number of anilines is 1. The first kappa shape index (κ1) is 14.0. The lowest BCUT2D eigenvalue weighted by Crippen LogP contribution is -2.03. The first-order valence-electron chi connectivity index (χ1n) is 7.15. The summed E-state index contributed by atoms with van der Waals surface area (Å²) in [5.41, 5.74) is 6.71. The van der Waals surface area contributed by atoms with Crippen LogP contribution in [-0.4, -0.2) is 9.91 Å². The van der Waals surface area contributed by atoms with Crippen molar-refractivity contribution in [1.82, 2.24) is 4.98 Å². The predicted molar refractivity (Wildman–Crippen MR) is 84.4 cm³/mol. The van der Waals surface area contributed by atoms with Crippen molar-refractivity contribution in [2.24, 2.45) is 0 Å². The molecule has 0 unspecified atom stereocenters. The third kappa shape index (κ3) is 2.90. The van der Waals surface area contributed by atoms with E-state index in [1.54, 1.807) is 29.7 Å². The summed E-state index contributed by atoms with van der Waals surface area (Å²) in [6, 6.07) is 4.82. The van der Waals surface area contributed by atoms with Crippen molar-refractivity contribution in [2.45, 2.75) is 38.0 Å². The lowest BCUT2D eigenvalue weighted by Gasteiger charge is -2.18. The molecule has 21 heavy (non-hydrogen) atoms. The second kappa shape index (κ2) is 5.81. The summed E-state index contributed by atoms with van der Waals surface area (Å²) in [6.45, 7) is 0. The molecule has 1 saturated carbocycles. The summed E-state index contributed by atoms with van der Waals surface area (Å²) in [7, 11) is 0. The summed E-state index contributed by atoms with van der Waals surface area (Å²) >= 11 is 1.57. The number of aromatic nitrogens is 1. The molecule has 1 aliphatic carbocycles. The molecule has 110 valence electrons. The van der Waals surface area contributed by atoms with E-state index in [4.69, 9.17) is 5.73 Å². The van der Waals surface area contributed by atoms with Crippen molar-refractivity contribution in [2.75, 3.05) is 5.73 Å². The molecule has 0 spiro atoms. The minimum Gasteiger partial charge on any atom is -0.399 e. The highest BCUT2D eigenvalue weighted by molar-refractivity contribution is 7.15. The Morgan fingerprint density at radius 2 is 2.05 bits per heavy atom. The smallest absolute Gasteiger partial charge is 0.280 e. The van der Waals surface area contributed by atoms with Crippen molar-refractivity contribution in [1.29, 1.82) is 0 Å². The Kier molecular flexibility index (Phi) is 3.88. The van der Waals surface area contributed by atoms with E-state index in [0.717, 1.165) is 9.88 Å². The molecule has 6 heteroatoms. The van der Waals surface area contributed by atoms with E-state index in [9.17, 15) is 10.1 Å². The van der Waals surface area contributed by atoms with E-state index in [0.29, 0.717) is 17.2 Å². The second-order valence-electron chi connectivity index (χ2n) is 5.43. The molecule has 2 N–H and O–H groups in total. The number of thiazole rings is 1. The number of hydrogen-bond donors (Lipinski definition) is 1. The molecule has 0 radical (unpaired) electrons. The Balaban J connectivity index is 1.94. The fourth-order valence-electron chi connectivity index (χ4n) is 2.86. The average Bonchev–Trinajstić information content (AvgIpc) is 2.97. The normalized spacial score (nSPS) is 16.0. The maximum Gasteiger partial charge on any atom is 0.280 e. The fourth-order valence-corrected chi connectivity index (χ4v) is 3.98. The molecule has 0 aliphatic heterocycles. The first-order chi connectivity index (χ1) is 10.1. The first-order valence-corrected chi connectivity index (χ1v) is 7.97. The molecule has 5 nitrogen and oxygen atoms in total. The van der Waals surface area contributed by atoms with Gasteiger partial charge in [-0.2, -0.15) is 0 Å². The van der Waals surface area contributed by atoms with Crippen molar-refractivity contribution in [3.63, 3.8) is 0 Å². The Morgan fingerprint density at radius 3 is 2.76 bits per heavy atom. The topological polar surface area (TPSA) is 82.0 Å². The summed E-state index contributed by atoms with van der Waals surface area (Å²) in [5.74, 6) is 0.519.